The summed E-state index contributed by atoms with van der Waals surface area (Å²) in [6.07, 6.45) is -1.14. The van der Waals surface area contributed by atoms with E-state index in [-0.39, 0.29) is 30.3 Å². The van der Waals surface area contributed by atoms with Crippen LogP contribution in [0.4, 0.5) is 0 Å². The molecule has 5 amide bonds. The Labute approximate surface area is 291 Å². The van der Waals surface area contributed by atoms with Gasteiger partial charge in [-0.15, -0.1) is 0 Å². The van der Waals surface area contributed by atoms with Gasteiger partial charge in [0.15, 0.2) is 0 Å². The van der Waals surface area contributed by atoms with Crippen LogP contribution in [0.5, 0.6) is 5.75 Å². The maximum Gasteiger partial charge on any atom is 0.303 e. The smallest absolute Gasteiger partial charge is 0.303 e. The van der Waals surface area contributed by atoms with Gasteiger partial charge in [-0.3, -0.25) is 28.8 Å². The van der Waals surface area contributed by atoms with Gasteiger partial charge in [0, 0.05) is 18.6 Å². The number of amides is 5. The molecule has 0 aromatic heterocycles. The molecule has 0 spiro atoms. The first kappa shape index (κ1) is 42.8. The van der Waals surface area contributed by atoms with E-state index in [9.17, 15) is 43.8 Å². The first-order valence-electron chi connectivity index (χ1n) is 16.0. The van der Waals surface area contributed by atoms with Crippen LogP contribution in [0, 0.1) is 11.8 Å². The minimum Gasteiger partial charge on any atom is -0.508 e. The van der Waals surface area contributed by atoms with Gasteiger partial charge in [0.05, 0.1) is 12.1 Å². The second kappa shape index (κ2) is 21.0. The zero-order chi connectivity index (χ0) is 37.4. The molecule has 16 nitrogen and oxygen atoms in total. The average Bonchev–Trinajstić information content (AvgIpc) is 3.05. The van der Waals surface area contributed by atoms with Gasteiger partial charge in [-0.05, 0) is 42.9 Å². The zero-order valence-electron chi connectivity index (χ0n) is 28.3. The fourth-order valence-electron chi connectivity index (χ4n) is 4.41. The third-order valence-corrected chi connectivity index (χ3v) is 8.26. The second-order valence-electron chi connectivity index (χ2n) is 12.2. The maximum atomic E-state index is 13.6. The summed E-state index contributed by atoms with van der Waals surface area (Å²) in [5, 5.41) is 41.1. The number of carboxylic acids is 1. The number of hydrogen-bond acceptors (Lipinski definition) is 11. The fraction of sp³-hybridized carbons (Fsp3) is 0.594. The van der Waals surface area contributed by atoms with Crippen molar-refractivity contribution >= 4 is 54.4 Å². The molecule has 0 bridgehead atoms. The summed E-state index contributed by atoms with van der Waals surface area (Å²) in [7, 11) is 0. The molecule has 0 heterocycles. The number of thiol groups is 1. The molecule has 8 atom stereocenters. The van der Waals surface area contributed by atoms with Gasteiger partial charge in [0.25, 0.3) is 0 Å². The summed E-state index contributed by atoms with van der Waals surface area (Å²) in [5.74, 6) is -6.26. The number of hydrogen-bond donors (Lipinski definition) is 10. The molecule has 17 heteroatoms. The van der Waals surface area contributed by atoms with Crippen molar-refractivity contribution in [2.24, 2.45) is 17.6 Å². The van der Waals surface area contributed by atoms with E-state index >= 15 is 0 Å². The Morgan fingerprint density at radius 2 is 1.35 bits per heavy atom. The van der Waals surface area contributed by atoms with Crippen LogP contribution >= 0.6 is 12.6 Å². The Morgan fingerprint density at radius 3 is 1.84 bits per heavy atom. The number of benzene rings is 1. The van der Waals surface area contributed by atoms with E-state index in [0.29, 0.717) is 18.3 Å². The van der Waals surface area contributed by atoms with E-state index in [0.717, 1.165) is 0 Å². The second-order valence-corrected chi connectivity index (χ2v) is 12.6. The topological polar surface area (TPSA) is 266 Å². The lowest BCUT2D eigenvalue weighted by Crippen LogP contribution is -2.61. The molecule has 0 aliphatic carbocycles. The third-order valence-electron chi connectivity index (χ3n) is 7.89. The molecule has 0 saturated heterocycles. The first-order chi connectivity index (χ1) is 22.9. The van der Waals surface area contributed by atoms with Crippen LogP contribution in [-0.4, -0.2) is 105 Å². The molecule has 10 N–H and O–H groups in total. The molecule has 1 rings (SSSR count). The number of nitrogens with one attached hydrogen (secondary N) is 5. The standard InChI is InChI=1S/C32H50N6O10S/c1-6-17(4)27(38-29(45)22(35-31(47)26(33)18(5)40)13-19-7-9-20(41)10-8-19)32(48)37-24(15-49)30(46)34-21(11-12-25(42)43)28(44)36-23(14-39)16(2)3/h7-10,14,16-18,21-24,26-27,40-41,49H,6,11-13,15,33H2,1-5H3,(H,34,46)(H,35,47)(H,36,44)(H,37,48)(H,38,45)(H,42,43)/t17-,18+,21-,22-,23+,24-,26-,27-/m0/s1. The number of phenols is 1. The highest BCUT2D eigenvalue weighted by Crippen LogP contribution is 2.14. The summed E-state index contributed by atoms with van der Waals surface area (Å²) in [6.45, 7) is 8.15. The van der Waals surface area contributed by atoms with Crippen LogP contribution in [0.2, 0.25) is 0 Å². The number of carbonyl (C=O) groups is 7. The van der Waals surface area contributed by atoms with Crippen molar-refractivity contribution in [3.63, 3.8) is 0 Å². The number of rotatable bonds is 21. The van der Waals surface area contributed by atoms with E-state index in [1.54, 1.807) is 27.7 Å². The number of carbonyl (C=O) groups excluding carboxylic acids is 6. The normalized spacial score (nSPS) is 16.0. The quantitative estimate of drug-likeness (QED) is 0.0533. The van der Waals surface area contributed by atoms with Gasteiger partial charge in [0.1, 0.15) is 42.2 Å². The van der Waals surface area contributed by atoms with E-state index in [1.807, 2.05) is 0 Å². The number of carboxylic acid groups (broad SMARTS) is 1. The minimum absolute atomic E-state index is 0.0178. The van der Waals surface area contributed by atoms with E-state index in [2.05, 4.69) is 39.2 Å². The van der Waals surface area contributed by atoms with Crippen molar-refractivity contribution in [3.05, 3.63) is 29.8 Å². The van der Waals surface area contributed by atoms with Gasteiger partial charge in [0.2, 0.25) is 29.5 Å². The summed E-state index contributed by atoms with van der Waals surface area (Å²) in [5.41, 5.74) is 6.31. The highest BCUT2D eigenvalue weighted by Gasteiger charge is 2.34. The molecule has 0 saturated carbocycles. The van der Waals surface area contributed by atoms with Crippen LogP contribution in [0.3, 0.4) is 0 Å². The predicted molar refractivity (Wildman–Crippen MR) is 182 cm³/mol. The fourth-order valence-corrected chi connectivity index (χ4v) is 4.66. The SMILES string of the molecule is CC[C@H](C)[C@H](NC(=O)[C@H](Cc1ccc(O)cc1)NC(=O)[C@@H](N)[C@@H](C)O)C(=O)N[C@@H](CS)C(=O)N[C@@H](CCC(=O)O)C(=O)N[C@H](C=O)C(C)C. The molecule has 1 aromatic rings. The summed E-state index contributed by atoms with van der Waals surface area (Å²) < 4.78 is 0. The van der Waals surface area contributed by atoms with Crippen LogP contribution < -0.4 is 32.3 Å². The Balaban J connectivity index is 3.23. The third kappa shape index (κ3) is 14.4. The summed E-state index contributed by atoms with van der Waals surface area (Å²) >= 11 is 4.17. The number of aliphatic hydroxyl groups excluding tert-OH is 1. The van der Waals surface area contributed by atoms with Gasteiger partial charge >= 0.3 is 5.97 Å². The first-order valence-corrected chi connectivity index (χ1v) is 16.6. The summed E-state index contributed by atoms with van der Waals surface area (Å²) in [6, 6.07) is -1.54. The van der Waals surface area contributed by atoms with Crippen molar-refractivity contribution in [3.8, 4) is 5.75 Å². The van der Waals surface area contributed by atoms with E-state index < -0.39 is 90.2 Å². The molecule has 274 valence electrons. The molecule has 0 unspecified atom stereocenters. The van der Waals surface area contributed by atoms with Crippen molar-refractivity contribution < 1.29 is 48.9 Å². The van der Waals surface area contributed by atoms with E-state index in [4.69, 9.17) is 10.8 Å². The molecule has 49 heavy (non-hydrogen) atoms. The lowest BCUT2D eigenvalue weighted by Gasteiger charge is -2.29. The Bertz CT molecular complexity index is 1300. The molecule has 0 aliphatic heterocycles. The highest BCUT2D eigenvalue weighted by atomic mass is 32.1. The van der Waals surface area contributed by atoms with Crippen LogP contribution in [0.15, 0.2) is 24.3 Å². The zero-order valence-corrected chi connectivity index (χ0v) is 29.2. The monoisotopic (exact) mass is 710 g/mol. The number of aromatic hydroxyl groups is 1. The van der Waals surface area contributed by atoms with Crippen LogP contribution in [0.25, 0.3) is 0 Å². The van der Waals surface area contributed by atoms with Gasteiger partial charge < -0.3 is 52.4 Å². The van der Waals surface area contributed by atoms with E-state index in [1.165, 1.54) is 31.2 Å². The molecular formula is C32H50N6O10S. The molecule has 0 fully saturated rings. The van der Waals surface area contributed by atoms with Gasteiger partial charge in [-0.25, -0.2) is 0 Å². The van der Waals surface area contributed by atoms with Crippen molar-refractivity contribution in [2.45, 2.75) is 103 Å². The maximum absolute atomic E-state index is 13.6. The van der Waals surface area contributed by atoms with Crippen molar-refractivity contribution in [1.82, 2.24) is 26.6 Å². The molecule has 0 aliphatic rings. The number of phenolic OH excluding ortho intramolecular Hbond substituents is 1. The van der Waals surface area contributed by atoms with Gasteiger partial charge in [-0.2, -0.15) is 12.6 Å². The van der Waals surface area contributed by atoms with Crippen molar-refractivity contribution in [2.75, 3.05) is 5.75 Å². The predicted octanol–water partition coefficient (Wildman–Crippen LogP) is -1.24. The van der Waals surface area contributed by atoms with Crippen LogP contribution in [0.1, 0.15) is 59.4 Å². The Hall–Kier alpha value is -4.22. The summed E-state index contributed by atoms with van der Waals surface area (Å²) in [4.78, 5) is 88.7. The lowest BCUT2D eigenvalue weighted by molar-refractivity contribution is -0.138. The number of nitrogens with two attached hydrogens (primary N) is 1. The number of aliphatic carboxylic acids is 1. The largest absolute Gasteiger partial charge is 0.508 e. The van der Waals surface area contributed by atoms with Gasteiger partial charge in [-0.1, -0.05) is 46.2 Å². The molecular weight excluding hydrogens is 660 g/mol. The highest BCUT2D eigenvalue weighted by molar-refractivity contribution is 7.80. The van der Waals surface area contributed by atoms with Crippen molar-refractivity contribution in [1.29, 1.82) is 0 Å². The lowest BCUT2D eigenvalue weighted by atomic mass is 9.96. The Kier molecular flexibility index (Phi) is 18.3. The number of aldehydes is 1. The molecule has 1 aromatic carbocycles. The van der Waals surface area contributed by atoms with Crippen LogP contribution in [-0.2, 0) is 40.0 Å². The average molecular weight is 711 g/mol. The minimum atomic E-state index is -1.36. The number of aliphatic hydroxyl groups is 1. The Morgan fingerprint density at radius 1 is 0.816 bits per heavy atom. The molecule has 0 radical (unpaired) electrons.